The SMILES string of the molecule is CCCCOc1nc(O)c(C#N)s1. The molecule has 1 N–H and O–H groups in total. The lowest BCUT2D eigenvalue weighted by Gasteiger charge is -1.97. The van der Waals surface area contributed by atoms with Gasteiger partial charge in [0.15, 0.2) is 4.88 Å². The molecule has 5 heteroatoms. The molecule has 4 nitrogen and oxygen atoms in total. The summed E-state index contributed by atoms with van der Waals surface area (Å²) < 4.78 is 5.21. The van der Waals surface area contributed by atoms with Gasteiger partial charge in [0.25, 0.3) is 5.19 Å². The molecule has 0 aliphatic rings. The van der Waals surface area contributed by atoms with E-state index in [0.29, 0.717) is 11.8 Å². The zero-order valence-corrected chi connectivity index (χ0v) is 8.10. The lowest BCUT2D eigenvalue weighted by Crippen LogP contribution is -1.95. The van der Waals surface area contributed by atoms with E-state index in [9.17, 15) is 0 Å². The first-order chi connectivity index (χ1) is 6.27. The minimum absolute atomic E-state index is 0.200. The molecule has 0 spiro atoms. The van der Waals surface area contributed by atoms with Crippen LogP contribution in [0.4, 0.5) is 0 Å². The fraction of sp³-hybridized carbons (Fsp3) is 0.500. The summed E-state index contributed by atoms with van der Waals surface area (Å²) >= 11 is 1.07. The van der Waals surface area contributed by atoms with E-state index in [-0.39, 0.29) is 10.8 Å². The number of thiazole rings is 1. The first-order valence-corrected chi connectivity index (χ1v) is 4.82. The summed E-state index contributed by atoms with van der Waals surface area (Å²) in [4.78, 5) is 3.88. The van der Waals surface area contributed by atoms with Gasteiger partial charge in [0.1, 0.15) is 6.07 Å². The van der Waals surface area contributed by atoms with E-state index >= 15 is 0 Å². The largest absolute Gasteiger partial charge is 0.492 e. The monoisotopic (exact) mass is 198 g/mol. The Kier molecular flexibility index (Phi) is 3.53. The topological polar surface area (TPSA) is 66.1 Å². The maximum atomic E-state index is 9.08. The summed E-state index contributed by atoms with van der Waals surface area (Å²) in [5.41, 5.74) is 0. The number of nitriles is 1. The van der Waals surface area contributed by atoms with Gasteiger partial charge in [-0.3, -0.25) is 0 Å². The van der Waals surface area contributed by atoms with Gasteiger partial charge in [-0.05, 0) is 6.42 Å². The van der Waals surface area contributed by atoms with Crippen molar-refractivity contribution >= 4 is 11.3 Å². The van der Waals surface area contributed by atoms with E-state index in [0.717, 1.165) is 24.2 Å². The molecular formula is C8H10N2O2S. The highest BCUT2D eigenvalue weighted by Gasteiger charge is 2.09. The highest BCUT2D eigenvalue weighted by Crippen LogP contribution is 2.28. The highest BCUT2D eigenvalue weighted by molar-refractivity contribution is 7.14. The molecule has 70 valence electrons. The zero-order valence-electron chi connectivity index (χ0n) is 7.28. The molecular weight excluding hydrogens is 188 g/mol. The Morgan fingerprint density at radius 2 is 2.46 bits per heavy atom. The molecule has 0 aliphatic carbocycles. The third-order valence-corrected chi connectivity index (χ3v) is 2.28. The van der Waals surface area contributed by atoms with Crippen molar-refractivity contribution in [3.05, 3.63) is 4.88 Å². The molecule has 0 atom stereocenters. The molecule has 0 amide bonds. The Morgan fingerprint density at radius 1 is 1.69 bits per heavy atom. The van der Waals surface area contributed by atoms with E-state index in [4.69, 9.17) is 15.1 Å². The standard InChI is InChI=1S/C8H10N2O2S/c1-2-3-4-12-8-10-7(11)6(5-9)13-8/h11H,2-4H2,1H3. The Bertz CT molecular complexity index is 316. The third kappa shape index (κ3) is 2.60. The quantitative estimate of drug-likeness (QED) is 0.750. The van der Waals surface area contributed by atoms with Gasteiger partial charge in [-0.25, -0.2) is 0 Å². The number of ether oxygens (including phenoxy) is 1. The van der Waals surface area contributed by atoms with Gasteiger partial charge in [-0.1, -0.05) is 24.7 Å². The van der Waals surface area contributed by atoms with Gasteiger partial charge in [0.05, 0.1) is 6.61 Å². The van der Waals surface area contributed by atoms with Crippen molar-refractivity contribution in [1.29, 1.82) is 5.26 Å². The van der Waals surface area contributed by atoms with Crippen LogP contribution in [0.25, 0.3) is 0 Å². The van der Waals surface area contributed by atoms with Crippen LogP contribution >= 0.6 is 11.3 Å². The van der Waals surface area contributed by atoms with Crippen LogP contribution in [-0.4, -0.2) is 16.7 Å². The summed E-state index contributed by atoms with van der Waals surface area (Å²) in [7, 11) is 0. The second-order valence-corrected chi connectivity index (χ2v) is 3.41. The fourth-order valence-electron chi connectivity index (χ4n) is 0.731. The van der Waals surface area contributed by atoms with E-state index < -0.39 is 0 Å². The molecule has 0 radical (unpaired) electrons. The van der Waals surface area contributed by atoms with Crippen LogP contribution in [0.3, 0.4) is 0 Å². The van der Waals surface area contributed by atoms with Gasteiger partial charge in [0.2, 0.25) is 5.88 Å². The van der Waals surface area contributed by atoms with Crippen LogP contribution in [0.15, 0.2) is 0 Å². The zero-order chi connectivity index (χ0) is 9.68. The van der Waals surface area contributed by atoms with Crippen molar-refractivity contribution in [3.63, 3.8) is 0 Å². The Morgan fingerprint density at radius 3 is 3.00 bits per heavy atom. The first kappa shape index (κ1) is 9.81. The number of nitrogens with zero attached hydrogens (tertiary/aromatic N) is 2. The van der Waals surface area contributed by atoms with Crippen LogP contribution < -0.4 is 4.74 Å². The minimum atomic E-state index is -0.237. The van der Waals surface area contributed by atoms with Crippen molar-refractivity contribution in [2.45, 2.75) is 19.8 Å². The van der Waals surface area contributed by atoms with Crippen molar-refractivity contribution in [2.24, 2.45) is 0 Å². The molecule has 13 heavy (non-hydrogen) atoms. The molecule has 1 aromatic heterocycles. The number of aromatic nitrogens is 1. The predicted octanol–water partition coefficient (Wildman–Crippen LogP) is 1.90. The number of unbranched alkanes of at least 4 members (excludes halogenated alkanes) is 1. The summed E-state index contributed by atoms with van der Waals surface area (Å²) in [6.07, 6.45) is 1.99. The third-order valence-electron chi connectivity index (χ3n) is 1.41. The first-order valence-electron chi connectivity index (χ1n) is 4.00. The molecule has 1 aromatic rings. The second kappa shape index (κ2) is 4.67. The van der Waals surface area contributed by atoms with Crippen molar-refractivity contribution in [2.75, 3.05) is 6.61 Å². The van der Waals surface area contributed by atoms with Crippen molar-refractivity contribution < 1.29 is 9.84 Å². The summed E-state index contributed by atoms with van der Waals surface area (Å²) in [6, 6.07) is 1.83. The molecule has 0 aromatic carbocycles. The van der Waals surface area contributed by atoms with Crippen molar-refractivity contribution in [3.8, 4) is 17.1 Å². The average Bonchev–Trinajstić information content (AvgIpc) is 2.47. The lowest BCUT2D eigenvalue weighted by atomic mass is 10.4. The van der Waals surface area contributed by atoms with Gasteiger partial charge in [-0.2, -0.15) is 10.2 Å². The van der Waals surface area contributed by atoms with Crippen LogP contribution in [0.1, 0.15) is 24.6 Å². The second-order valence-electron chi connectivity index (χ2n) is 2.45. The number of rotatable bonds is 4. The molecule has 0 unspecified atom stereocenters. The van der Waals surface area contributed by atoms with Crippen molar-refractivity contribution in [1.82, 2.24) is 4.98 Å². The summed E-state index contributed by atoms with van der Waals surface area (Å²) in [5.74, 6) is -0.237. The van der Waals surface area contributed by atoms with Gasteiger partial charge in [0, 0.05) is 0 Å². The van der Waals surface area contributed by atoms with Crippen LogP contribution in [0.2, 0.25) is 0 Å². The van der Waals surface area contributed by atoms with Gasteiger partial charge < -0.3 is 9.84 Å². The molecule has 0 saturated carbocycles. The van der Waals surface area contributed by atoms with E-state index in [1.54, 1.807) is 0 Å². The van der Waals surface area contributed by atoms with Crippen LogP contribution in [-0.2, 0) is 0 Å². The molecule has 0 aliphatic heterocycles. The Hall–Kier alpha value is -1.28. The molecule has 0 bridgehead atoms. The normalized spacial score (nSPS) is 9.54. The maximum absolute atomic E-state index is 9.08. The molecule has 0 fully saturated rings. The lowest BCUT2D eigenvalue weighted by molar-refractivity contribution is 0.304. The highest BCUT2D eigenvalue weighted by atomic mass is 32.1. The fourth-order valence-corrected chi connectivity index (χ4v) is 1.36. The van der Waals surface area contributed by atoms with E-state index in [1.807, 2.05) is 6.07 Å². The van der Waals surface area contributed by atoms with Gasteiger partial charge >= 0.3 is 0 Å². The Labute approximate surface area is 80.4 Å². The molecule has 0 saturated heterocycles. The number of hydrogen-bond donors (Lipinski definition) is 1. The average molecular weight is 198 g/mol. The minimum Gasteiger partial charge on any atom is -0.492 e. The molecule has 1 heterocycles. The smallest absolute Gasteiger partial charge is 0.277 e. The summed E-state index contributed by atoms with van der Waals surface area (Å²) in [5, 5.41) is 18.0. The van der Waals surface area contributed by atoms with E-state index in [1.165, 1.54) is 0 Å². The number of hydrogen-bond acceptors (Lipinski definition) is 5. The predicted molar refractivity (Wildman–Crippen MR) is 48.9 cm³/mol. The number of aromatic hydroxyl groups is 1. The molecule has 1 rings (SSSR count). The van der Waals surface area contributed by atoms with Crippen LogP contribution in [0.5, 0.6) is 11.1 Å². The van der Waals surface area contributed by atoms with Crippen LogP contribution in [0, 0.1) is 11.3 Å². The van der Waals surface area contributed by atoms with E-state index in [2.05, 4.69) is 11.9 Å². The van der Waals surface area contributed by atoms with Gasteiger partial charge in [-0.15, -0.1) is 0 Å². The summed E-state index contributed by atoms with van der Waals surface area (Å²) in [6.45, 7) is 2.64. The maximum Gasteiger partial charge on any atom is 0.277 e. The Balaban J connectivity index is 2.54.